The van der Waals surface area contributed by atoms with Crippen molar-refractivity contribution in [3.8, 4) is 0 Å². The number of hydrogen-bond acceptors (Lipinski definition) is 5. The molecule has 0 saturated carbocycles. The zero-order chi connectivity index (χ0) is 48.1. The van der Waals surface area contributed by atoms with E-state index in [9.17, 15) is 25.2 Å². The molecule has 0 radical (unpaired) electrons. The minimum absolute atomic E-state index is 0.365. The van der Waals surface area contributed by atoms with Crippen LogP contribution in [0.1, 0.15) is 322 Å². The average Bonchev–Trinajstić information content (AvgIpc) is 3.32. The quantitative estimate of drug-likeness (QED) is 0.0308. The monoisotopic (exact) mass is 932 g/mol. The summed E-state index contributed by atoms with van der Waals surface area (Å²) in [7, 11) is 0. The summed E-state index contributed by atoms with van der Waals surface area (Å²) in [6.07, 6.45) is 66.9. The minimum atomic E-state index is -1.26. The highest BCUT2D eigenvalue weighted by Crippen LogP contribution is 2.19. The molecule has 0 saturated heterocycles. The summed E-state index contributed by atoms with van der Waals surface area (Å²) >= 11 is 0. The first-order chi connectivity index (χ1) is 32.5. The van der Waals surface area contributed by atoms with Gasteiger partial charge in [-0.1, -0.05) is 308 Å². The van der Waals surface area contributed by atoms with Crippen LogP contribution in [0.15, 0.2) is 24.3 Å². The van der Waals surface area contributed by atoms with E-state index in [2.05, 4.69) is 43.5 Å². The molecule has 4 atom stereocenters. The Labute approximate surface area is 412 Å². The number of amides is 1. The Hall–Kier alpha value is -1.21. The van der Waals surface area contributed by atoms with Crippen molar-refractivity contribution in [1.29, 1.82) is 0 Å². The number of carbonyl (C=O) groups excluding carboxylic acids is 1. The second-order valence-electron chi connectivity index (χ2n) is 20.7. The molecule has 0 aromatic heterocycles. The Morgan fingerprint density at radius 2 is 0.636 bits per heavy atom. The van der Waals surface area contributed by atoms with Crippen molar-refractivity contribution < 1.29 is 25.2 Å². The number of unbranched alkanes of at least 4 members (excludes halogenated alkanes) is 43. The van der Waals surface area contributed by atoms with Crippen molar-refractivity contribution in [3.63, 3.8) is 0 Å². The molecule has 0 fully saturated rings. The molecule has 0 heterocycles. The third-order valence-electron chi connectivity index (χ3n) is 14.2. The molecular weight excluding hydrogens is 815 g/mol. The predicted octanol–water partition coefficient (Wildman–Crippen LogP) is 17.4. The van der Waals surface area contributed by atoms with Crippen molar-refractivity contribution in [2.75, 3.05) is 6.61 Å². The SMILES string of the molecule is CCCCC/C=C\C=C/CCCCCCCCCCCC(O)C(=O)NC(CO)C(O)C(O)CCCCCCCCCCCCCCCCCCCCCCCCCCCCCCCCCC. The van der Waals surface area contributed by atoms with Crippen molar-refractivity contribution in [2.45, 2.75) is 346 Å². The second-order valence-corrected chi connectivity index (χ2v) is 20.7. The van der Waals surface area contributed by atoms with E-state index < -0.39 is 36.9 Å². The van der Waals surface area contributed by atoms with Crippen LogP contribution in [-0.2, 0) is 4.79 Å². The Morgan fingerprint density at radius 3 is 0.955 bits per heavy atom. The summed E-state index contributed by atoms with van der Waals surface area (Å²) in [4.78, 5) is 12.6. The molecule has 66 heavy (non-hydrogen) atoms. The topological polar surface area (TPSA) is 110 Å². The molecule has 392 valence electrons. The van der Waals surface area contributed by atoms with Gasteiger partial charge >= 0.3 is 0 Å². The van der Waals surface area contributed by atoms with Gasteiger partial charge < -0.3 is 25.7 Å². The summed E-state index contributed by atoms with van der Waals surface area (Å²) in [5.74, 6) is -0.584. The molecule has 4 unspecified atom stereocenters. The molecule has 0 spiro atoms. The number of aliphatic hydroxyl groups excluding tert-OH is 4. The van der Waals surface area contributed by atoms with E-state index in [1.165, 1.54) is 250 Å². The number of allylic oxidation sites excluding steroid dienone is 4. The van der Waals surface area contributed by atoms with Gasteiger partial charge in [0, 0.05) is 0 Å². The average molecular weight is 933 g/mol. The number of rotatable bonds is 55. The van der Waals surface area contributed by atoms with Gasteiger partial charge in [-0.25, -0.2) is 0 Å². The third kappa shape index (κ3) is 47.8. The minimum Gasteiger partial charge on any atom is -0.394 e. The molecule has 6 nitrogen and oxygen atoms in total. The lowest BCUT2D eigenvalue weighted by atomic mass is 9.99. The fourth-order valence-electron chi connectivity index (χ4n) is 9.52. The molecule has 6 heteroatoms. The largest absolute Gasteiger partial charge is 0.394 e. The van der Waals surface area contributed by atoms with E-state index >= 15 is 0 Å². The van der Waals surface area contributed by atoms with Crippen LogP contribution in [0.25, 0.3) is 0 Å². The molecular formula is C60H117NO5. The van der Waals surface area contributed by atoms with Crippen LogP contribution in [-0.4, -0.2) is 57.3 Å². The van der Waals surface area contributed by atoms with Gasteiger partial charge in [-0.05, 0) is 38.5 Å². The van der Waals surface area contributed by atoms with Crippen LogP contribution in [0, 0.1) is 0 Å². The second kappa shape index (κ2) is 54.7. The van der Waals surface area contributed by atoms with E-state index in [1.807, 2.05) is 0 Å². The molecule has 0 aliphatic carbocycles. The van der Waals surface area contributed by atoms with Crippen LogP contribution in [0.5, 0.6) is 0 Å². The Kier molecular flexibility index (Phi) is 53.7. The van der Waals surface area contributed by atoms with Crippen LogP contribution < -0.4 is 5.32 Å². The molecule has 0 aromatic carbocycles. The lowest BCUT2D eigenvalue weighted by Crippen LogP contribution is -2.53. The van der Waals surface area contributed by atoms with Crippen LogP contribution in [0.3, 0.4) is 0 Å². The maximum atomic E-state index is 12.6. The first-order valence-corrected chi connectivity index (χ1v) is 29.7. The Bertz CT molecular complexity index is 1000. The molecule has 1 amide bonds. The normalized spacial score (nSPS) is 13.8. The molecule has 5 N–H and O–H groups in total. The zero-order valence-corrected chi connectivity index (χ0v) is 44.5. The molecule has 0 aromatic rings. The van der Waals surface area contributed by atoms with Crippen molar-refractivity contribution in [1.82, 2.24) is 5.32 Å². The number of carbonyl (C=O) groups is 1. The number of hydrogen-bond donors (Lipinski definition) is 5. The summed E-state index contributed by atoms with van der Waals surface area (Å²) in [5.41, 5.74) is 0. The number of nitrogens with one attached hydrogen (secondary N) is 1. The fourth-order valence-corrected chi connectivity index (χ4v) is 9.52. The maximum Gasteiger partial charge on any atom is 0.249 e. The third-order valence-corrected chi connectivity index (χ3v) is 14.2. The smallest absolute Gasteiger partial charge is 0.249 e. The van der Waals surface area contributed by atoms with Gasteiger partial charge in [-0.15, -0.1) is 0 Å². The first-order valence-electron chi connectivity index (χ1n) is 29.7. The maximum absolute atomic E-state index is 12.6. The van der Waals surface area contributed by atoms with Crippen molar-refractivity contribution in [3.05, 3.63) is 24.3 Å². The summed E-state index contributed by atoms with van der Waals surface area (Å²) < 4.78 is 0. The van der Waals surface area contributed by atoms with Gasteiger partial charge in [0.15, 0.2) is 0 Å². The van der Waals surface area contributed by atoms with E-state index in [0.29, 0.717) is 12.8 Å². The standard InChI is InChI=1S/C60H117NO5/c1-3-5-7-9-11-13-15-17-19-21-23-24-25-26-27-28-29-30-31-32-33-34-35-36-38-39-41-43-45-47-49-51-53-57(63)59(65)56(55-62)61-60(66)58(64)54-52-50-48-46-44-42-40-37-22-20-18-16-14-12-10-8-6-4-2/h12,14,16,18,56-59,62-65H,3-11,13,15,17,19-55H2,1-2H3,(H,61,66)/b14-12-,18-16-. The van der Waals surface area contributed by atoms with Crippen molar-refractivity contribution in [2.24, 2.45) is 0 Å². The fraction of sp³-hybridized carbons (Fsp3) is 0.917. The molecule has 0 rings (SSSR count). The van der Waals surface area contributed by atoms with E-state index in [4.69, 9.17) is 0 Å². The van der Waals surface area contributed by atoms with Gasteiger partial charge in [0.1, 0.15) is 12.2 Å². The molecule has 0 aliphatic rings. The Morgan fingerprint density at radius 1 is 0.379 bits per heavy atom. The van der Waals surface area contributed by atoms with Gasteiger partial charge in [0.2, 0.25) is 5.91 Å². The lowest BCUT2D eigenvalue weighted by molar-refractivity contribution is -0.132. The van der Waals surface area contributed by atoms with Gasteiger partial charge in [0.25, 0.3) is 0 Å². The summed E-state index contributed by atoms with van der Waals surface area (Å²) in [5, 5.41) is 44.0. The highest BCUT2D eigenvalue weighted by atomic mass is 16.3. The molecule has 0 bridgehead atoms. The Balaban J connectivity index is 3.55. The highest BCUT2D eigenvalue weighted by Gasteiger charge is 2.28. The van der Waals surface area contributed by atoms with Gasteiger partial charge in [-0.3, -0.25) is 4.79 Å². The van der Waals surface area contributed by atoms with Crippen LogP contribution in [0.4, 0.5) is 0 Å². The first kappa shape index (κ1) is 64.8. The zero-order valence-electron chi connectivity index (χ0n) is 44.5. The van der Waals surface area contributed by atoms with E-state index in [0.717, 1.165) is 44.9 Å². The predicted molar refractivity (Wildman–Crippen MR) is 288 cm³/mol. The number of aliphatic hydroxyl groups is 4. The van der Waals surface area contributed by atoms with Crippen molar-refractivity contribution >= 4 is 5.91 Å². The van der Waals surface area contributed by atoms with Crippen LogP contribution in [0.2, 0.25) is 0 Å². The lowest BCUT2D eigenvalue weighted by Gasteiger charge is -2.27. The van der Waals surface area contributed by atoms with Crippen LogP contribution >= 0.6 is 0 Å². The van der Waals surface area contributed by atoms with E-state index in [1.54, 1.807) is 0 Å². The molecule has 0 aliphatic heterocycles. The summed E-state index contributed by atoms with van der Waals surface area (Å²) in [6.45, 7) is 4.06. The summed E-state index contributed by atoms with van der Waals surface area (Å²) in [6, 6.07) is -0.987. The van der Waals surface area contributed by atoms with Gasteiger partial charge in [0.05, 0.1) is 18.8 Å². The van der Waals surface area contributed by atoms with E-state index in [-0.39, 0.29) is 0 Å². The van der Waals surface area contributed by atoms with Gasteiger partial charge in [-0.2, -0.15) is 0 Å². The highest BCUT2D eigenvalue weighted by molar-refractivity contribution is 5.80.